The maximum atomic E-state index is 13.3. The van der Waals surface area contributed by atoms with Crippen LogP contribution in [0.2, 0.25) is 0 Å². The molecule has 0 aliphatic heterocycles. The highest BCUT2D eigenvalue weighted by Gasteiger charge is 2.67. The van der Waals surface area contributed by atoms with Crippen LogP contribution in [0.3, 0.4) is 0 Å². The van der Waals surface area contributed by atoms with Gasteiger partial charge in [-0.1, -0.05) is 40.2 Å². The highest BCUT2D eigenvalue weighted by atomic mass is 32.2. The predicted octanol–water partition coefficient (Wildman–Crippen LogP) is 6.30. The summed E-state index contributed by atoms with van der Waals surface area (Å²) in [4.78, 5) is 12.9. The second kappa shape index (κ2) is 8.17. The molecule has 1 unspecified atom stereocenters. The minimum atomic E-state index is -4.10. The van der Waals surface area contributed by atoms with Gasteiger partial charge in [-0.15, -0.1) is 0 Å². The number of rotatable bonds is 3. The van der Waals surface area contributed by atoms with Crippen LogP contribution in [0.1, 0.15) is 93.4 Å². The molecule has 38 heavy (non-hydrogen) atoms. The Balaban J connectivity index is 1.76. The molecule has 0 amide bonds. The average Bonchev–Trinajstić information content (AvgIpc) is 2.85. The van der Waals surface area contributed by atoms with Crippen LogP contribution in [-0.2, 0) is 19.1 Å². The summed E-state index contributed by atoms with van der Waals surface area (Å²) in [6.07, 6.45) is 8.80. The van der Waals surface area contributed by atoms with Gasteiger partial charge in [-0.2, -0.15) is 8.42 Å². The maximum absolute atomic E-state index is 13.3. The summed E-state index contributed by atoms with van der Waals surface area (Å²) >= 11 is 0. The summed E-state index contributed by atoms with van der Waals surface area (Å²) in [7, 11) is -2.94. The first kappa shape index (κ1) is 27.9. The minimum Gasteiger partial charge on any atom is -0.509 e. The lowest BCUT2D eigenvalue weighted by molar-refractivity contribution is -0.167. The van der Waals surface area contributed by atoms with E-state index in [1.807, 2.05) is 6.08 Å². The van der Waals surface area contributed by atoms with Gasteiger partial charge in [0.1, 0.15) is 22.6 Å². The van der Waals surface area contributed by atoms with Gasteiger partial charge in [0.15, 0.2) is 0 Å². The van der Waals surface area contributed by atoms with Crippen molar-refractivity contribution < 1.29 is 27.6 Å². The van der Waals surface area contributed by atoms with Crippen molar-refractivity contribution in [3.8, 4) is 0 Å². The second-order valence-corrected chi connectivity index (χ2v) is 15.7. The number of ketones is 1. The molecule has 6 nitrogen and oxygen atoms in total. The van der Waals surface area contributed by atoms with E-state index < -0.39 is 21.6 Å². The van der Waals surface area contributed by atoms with E-state index in [4.69, 9.17) is 4.18 Å². The predicted molar refractivity (Wildman–Crippen MR) is 147 cm³/mol. The normalized spacial score (nSPS) is 44.9. The zero-order chi connectivity index (χ0) is 28.3. The largest absolute Gasteiger partial charge is 0.509 e. The number of aliphatic hydroxyl groups excluding tert-OH is 2. The Hall–Kier alpha value is -1.70. The summed E-state index contributed by atoms with van der Waals surface area (Å²) in [6, 6.07) is 0. The number of Topliss-reactive ketones (excluding diaryl/α,β-unsaturated/α-hetero) is 1. The fourth-order valence-electron chi connectivity index (χ4n) is 9.24. The standard InChI is InChI=1S/C31H44O6S/c1-18-25-20(15-21(33)26(18)34)29(5)12-14-31(7)24-17-28(4,19(2)32)10-9-27(24,3)11-13-30(31,6)23(29)16-22(25)38(35,36)37-8/h15-16,21,24,33-34H,9-14,17H2,1-8H3/t21?,24-,27-,28-,29+,30-,31+/m1/s1. The van der Waals surface area contributed by atoms with Gasteiger partial charge in [-0.25, -0.2) is 0 Å². The Morgan fingerprint density at radius 1 is 1.03 bits per heavy atom. The van der Waals surface area contributed by atoms with Crippen LogP contribution in [0.25, 0.3) is 0 Å². The lowest BCUT2D eigenvalue weighted by Crippen LogP contribution is -2.62. The van der Waals surface area contributed by atoms with Gasteiger partial charge in [0.05, 0.1) is 7.11 Å². The molecule has 5 aliphatic carbocycles. The number of hydrogen-bond acceptors (Lipinski definition) is 6. The Morgan fingerprint density at radius 3 is 2.26 bits per heavy atom. The van der Waals surface area contributed by atoms with E-state index in [-0.39, 0.29) is 38.1 Å². The number of aliphatic hydroxyl groups is 2. The molecule has 7 heteroatoms. The van der Waals surface area contributed by atoms with Crippen molar-refractivity contribution in [2.45, 2.75) is 99.5 Å². The van der Waals surface area contributed by atoms with Crippen LogP contribution >= 0.6 is 0 Å². The third kappa shape index (κ3) is 3.37. The molecular weight excluding hydrogens is 500 g/mol. The third-order valence-corrected chi connectivity index (χ3v) is 13.7. The van der Waals surface area contributed by atoms with Crippen LogP contribution in [0.5, 0.6) is 0 Å². The fourth-order valence-corrected chi connectivity index (χ4v) is 10.2. The number of allylic oxidation sites excluding steroid dienone is 5. The number of hydrogen-bond donors (Lipinski definition) is 2. The molecule has 7 atom stereocenters. The van der Waals surface area contributed by atoms with E-state index in [1.54, 1.807) is 19.9 Å². The first-order valence-electron chi connectivity index (χ1n) is 14.0. The zero-order valence-corrected chi connectivity index (χ0v) is 25.0. The smallest absolute Gasteiger partial charge is 0.297 e. The minimum absolute atomic E-state index is 0.0608. The third-order valence-electron chi connectivity index (χ3n) is 12.4. The molecular formula is C31H44O6S. The molecule has 2 N–H and O–H groups in total. The molecule has 3 fully saturated rings. The van der Waals surface area contributed by atoms with E-state index in [9.17, 15) is 23.4 Å². The quantitative estimate of drug-likeness (QED) is 0.405. The molecule has 0 saturated heterocycles. The number of fused-ring (bicyclic) bond motifs is 7. The molecule has 0 bridgehead atoms. The molecule has 0 aromatic carbocycles. The number of carbonyl (C=O) groups excluding carboxylic acids is 1. The molecule has 210 valence electrons. The van der Waals surface area contributed by atoms with E-state index in [0.717, 1.165) is 56.1 Å². The van der Waals surface area contributed by atoms with Gasteiger partial charge in [-0.05, 0) is 104 Å². The first-order valence-corrected chi connectivity index (χ1v) is 15.4. The first-order chi connectivity index (χ1) is 17.4. The summed E-state index contributed by atoms with van der Waals surface area (Å²) in [5.41, 5.74) is 1.53. The Morgan fingerprint density at radius 2 is 1.66 bits per heavy atom. The zero-order valence-electron chi connectivity index (χ0n) is 24.2. The van der Waals surface area contributed by atoms with Gasteiger partial charge in [-0.3, -0.25) is 8.98 Å². The molecule has 0 aromatic heterocycles. The van der Waals surface area contributed by atoms with Crippen molar-refractivity contribution in [2.75, 3.05) is 7.11 Å². The molecule has 0 heterocycles. The Kier molecular flexibility index (Phi) is 5.99. The maximum Gasteiger partial charge on any atom is 0.297 e. The molecule has 3 saturated carbocycles. The van der Waals surface area contributed by atoms with Crippen LogP contribution in [0.4, 0.5) is 0 Å². The van der Waals surface area contributed by atoms with Crippen LogP contribution < -0.4 is 0 Å². The van der Waals surface area contributed by atoms with Crippen molar-refractivity contribution in [1.82, 2.24) is 0 Å². The topological polar surface area (TPSA) is 101 Å². The van der Waals surface area contributed by atoms with Gasteiger partial charge in [0.2, 0.25) is 0 Å². The molecule has 5 aliphatic rings. The van der Waals surface area contributed by atoms with E-state index in [1.165, 1.54) is 7.11 Å². The summed E-state index contributed by atoms with van der Waals surface area (Å²) < 4.78 is 31.7. The van der Waals surface area contributed by atoms with Gasteiger partial charge < -0.3 is 10.2 Å². The second-order valence-electron chi connectivity index (χ2n) is 14.1. The SMILES string of the molecule is COS(=O)(=O)C1=C2C(=CC(O)C(O)=C2C)[C@]2(C)CC[C@@]3(C)[C@@H]4C[C@](C)(C(C)=O)CC[C@]4(C)CC[C@]3(C)C2=C1. The van der Waals surface area contributed by atoms with E-state index in [2.05, 4.69) is 34.6 Å². The lowest BCUT2D eigenvalue weighted by atomic mass is 9.34. The van der Waals surface area contributed by atoms with Crippen molar-refractivity contribution in [3.63, 3.8) is 0 Å². The van der Waals surface area contributed by atoms with Crippen molar-refractivity contribution in [3.05, 3.63) is 45.1 Å². The van der Waals surface area contributed by atoms with Crippen LogP contribution in [-0.4, -0.2) is 37.6 Å². The Labute approximate surface area is 228 Å². The van der Waals surface area contributed by atoms with Crippen LogP contribution in [0.15, 0.2) is 45.1 Å². The van der Waals surface area contributed by atoms with Gasteiger partial charge in [0.25, 0.3) is 10.1 Å². The molecule has 0 aromatic rings. The monoisotopic (exact) mass is 544 g/mol. The van der Waals surface area contributed by atoms with Crippen molar-refractivity contribution in [2.24, 2.45) is 33.0 Å². The fraction of sp³-hybridized carbons (Fsp3) is 0.710. The van der Waals surface area contributed by atoms with Gasteiger partial charge >= 0.3 is 0 Å². The van der Waals surface area contributed by atoms with Crippen LogP contribution in [0, 0.1) is 33.0 Å². The molecule has 0 spiro atoms. The Bertz CT molecular complexity index is 1350. The highest BCUT2D eigenvalue weighted by molar-refractivity contribution is 7.91. The van der Waals surface area contributed by atoms with E-state index >= 15 is 0 Å². The average molecular weight is 545 g/mol. The van der Waals surface area contributed by atoms with Gasteiger partial charge in [0, 0.05) is 16.4 Å². The summed E-state index contributed by atoms with van der Waals surface area (Å²) in [6.45, 7) is 14.8. The summed E-state index contributed by atoms with van der Waals surface area (Å²) in [5, 5.41) is 21.4. The van der Waals surface area contributed by atoms with E-state index in [0.29, 0.717) is 17.1 Å². The molecule has 0 radical (unpaired) electrons. The van der Waals surface area contributed by atoms with Crippen molar-refractivity contribution >= 4 is 15.9 Å². The number of carbonyl (C=O) groups is 1. The lowest BCUT2D eigenvalue weighted by Gasteiger charge is -2.70. The van der Waals surface area contributed by atoms with Crippen molar-refractivity contribution in [1.29, 1.82) is 0 Å². The summed E-state index contributed by atoms with van der Waals surface area (Å²) in [5.74, 6) is 0.364. The highest BCUT2D eigenvalue weighted by Crippen LogP contribution is 2.76. The molecule has 5 rings (SSSR count).